The standard InChI is InChI=1S/C19H19NO5/c1-9-7-14-13(8-17(20-14)25-19(22)23)12(4)18(9)24-16-6-5-15(21)10(2)11(16)3/h5-8,20-21H,1-4H3,(H,22,23). The molecule has 0 bridgehead atoms. The van der Waals surface area contributed by atoms with Gasteiger partial charge in [-0.15, -0.1) is 0 Å². The summed E-state index contributed by atoms with van der Waals surface area (Å²) in [6, 6.07) is 6.86. The van der Waals surface area contributed by atoms with Crippen molar-refractivity contribution in [2.24, 2.45) is 0 Å². The number of rotatable bonds is 3. The zero-order valence-corrected chi connectivity index (χ0v) is 14.4. The predicted octanol–water partition coefficient (Wildman–Crippen LogP) is 4.96. The fraction of sp³-hybridized carbons (Fsp3) is 0.211. The molecule has 0 aliphatic rings. The van der Waals surface area contributed by atoms with Gasteiger partial charge in [0.25, 0.3) is 0 Å². The summed E-state index contributed by atoms with van der Waals surface area (Å²) in [7, 11) is 0. The number of carboxylic acid groups (broad SMARTS) is 1. The molecule has 0 spiro atoms. The van der Waals surface area contributed by atoms with E-state index in [1.807, 2.05) is 33.8 Å². The van der Waals surface area contributed by atoms with E-state index >= 15 is 0 Å². The van der Waals surface area contributed by atoms with Gasteiger partial charge in [-0.1, -0.05) is 0 Å². The Morgan fingerprint density at radius 3 is 2.44 bits per heavy atom. The molecule has 6 heteroatoms. The van der Waals surface area contributed by atoms with E-state index in [1.54, 1.807) is 18.2 Å². The number of hydrogen-bond donors (Lipinski definition) is 3. The quantitative estimate of drug-likeness (QED) is 0.586. The molecule has 3 aromatic rings. The van der Waals surface area contributed by atoms with Crippen molar-refractivity contribution in [2.75, 3.05) is 0 Å². The van der Waals surface area contributed by atoms with Crippen molar-refractivity contribution in [2.45, 2.75) is 27.7 Å². The molecule has 0 fully saturated rings. The first-order valence-corrected chi connectivity index (χ1v) is 7.78. The number of ether oxygens (including phenoxy) is 2. The summed E-state index contributed by atoms with van der Waals surface area (Å²) in [5, 5.41) is 19.4. The smallest absolute Gasteiger partial charge is 0.508 e. The Morgan fingerprint density at radius 1 is 1.04 bits per heavy atom. The maximum absolute atomic E-state index is 10.7. The van der Waals surface area contributed by atoms with Crippen LogP contribution in [-0.2, 0) is 0 Å². The average Bonchev–Trinajstić information content (AvgIpc) is 2.92. The van der Waals surface area contributed by atoms with Gasteiger partial charge in [-0.2, -0.15) is 0 Å². The van der Waals surface area contributed by atoms with E-state index in [0.717, 1.165) is 33.2 Å². The molecule has 0 amide bonds. The molecule has 3 N–H and O–H groups in total. The number of H-pyrrole nitrogens is 1. The maximum Gasteiger partial charge on any atom is 0.512 e. The van der Waals surface area contributed by atoms with Gasteiger partial charge in [0.05, 0.1) is 0 Å². The maximum atomic E-state index is 10.7. The van der Waals surface area contributed by atoms with E-state index in [0.29, 0.717) is 11.5 Å². The number of benzene rings is 2. The molecule has 1 aromatic heterocycles. The van der Waals surface area contributed by atoms with Gasteiger partial charge in [0, 0.05) is 22.5 Å². The zero-order valence-electron chi connectivity index (χ0n) is 14.4. The Kier molecular flexibility index (Phi) is 4.04. The molecule has 0 atom stereocenters. The number of aromatic hydroxyl groups is 1. The minimum absolute atomic E-state index is 0.166. The molecule has 1 heterocycles. The van der Waals surface area contributed by atoms with Gasteiger partial charge in [0.15, 0.2) is 0 Å². The minimum atomic E-state index is -1.37. The lowest BCUT2D eigenvalue weighted by atomic mass is 10.1. The van der Waals surface area contributed by atoms with Crippen LogP contribution in [0.5, 0.6) is 23.1 Å². The molecule has 0 saturated carbocycles. The van der Waals surface area contributed by atoms with Crippen LogP contribution in [0.4, 0.5) is 4.79 Å². The van der Waals surface area contributed by atoms with Crippen LogP contribution >= 0.6 is 0 Å². The normalized spacial score (nSPS) is 10.9. The van der Waals surface area contributed by atoms with Crippen LogP contribution in [0.25, 0.3) is 10.9 Å². The first-order valence-electron chi connectivity index (χ1n) is 7.78. The molecular weight excluding hydrogens is 322 g/mol. The summed E-state index contributed by atoms with van der Waals surface area (Å²) in [5.41, 5.74) is 4.18. The molecule has 25 heavy (non-hydrogen) atoms. The average molecular weight is 341 g/mol. The van der Waals surface area contributed by atoms with Crippen molar-refractivity contribution in [3.8, 4) is 23.1 Å². The van der Waals surface area contributed by atoms with Crippen molar-refractivity contribution >= 4 is 17.1 Å². The summed E-state index contributed by atoms with van der Waals surface area (Å²) < 4.78 is 10.8. The molecule has 0 aliphatic heterocycles. The van der Waals surface area contributed by atoms with Gasteiger partial charge in [0.2, 0.25) is 5.88 Å². The number of carbonyl (C=O) groups is 1. The summed E-state index contributed by atoms with van der Waals surface area (Å²) in [4.78, 5) is 13.7. The number of aromatic amines is 1. The molecule has 0 saturated heterocycles. The first kappa shape index (κ1) is 16.7. The largest absolute Gasteiger partial charge is 0.512 e. The van der Waals surface area contributed by atoms with Crippen LogP contribution in [0.2, 0.25) is 0 Å². The van der Waals surface area contributed by atoms with E-state index in [9.17, 15) is 9.90 Å². The molecule has 0 aliphatic carbocycles. The second kappa shape index (κ2) is 6.05. The van der Waals surface area contributed by atoms with Gasteiger partial charge in [0.1, 0.15) is 17.2 Å². The summed E-state index contributed by atoms with van der Waals surface area (Å²) in [6.45, 7) is 7.55. The number of phenolic OH excluding ortho intramolecular Hbond substituents is 1. The molecule has 6 nitrogen and oxygen atoms in total. The van der Waals surface area contributed by atoms with E-state index in [-0.39, 0.29) is 11.6 Å². The van der Waals surface area contributed by atoms with Crippen LogP contribution in [0.15, 0.2) is 24.3 Å². The van der Waals surface area contributed by atoms with Crippen LogP contribution in [0.1, 0.15) is 22.3 Å². The van der Waals surface area contributed by atoms with E-state index in [1.165, 1.54) is 0 Å². The number of nitrogens with one attached hydrogen (secondary N) is 1. The van der Waals surface area contributed by atoms with Crippen LogP contribution in [-0.4, -0.2) is 21.4 Å². The van der Waals surface area contributed by atoms with Crippen molar-refractivity contribution < 1.29 is 24.5 Å². The zero-order chi connectivity index (χ0) is 18.3. The SMILES string of the molecule is Cc1cc2[nH]c(OC(=O)O)cc2c(C)c1Oc1ccc(O)c(C)c1C. The Labute approximate surface area is 144 Å². The highest BCUT2D eigenvalue weighted by molar-refractivity contribution is 5.88. The number of aryl methyl sites for hydroxylation is 2. The van der Waals surface area contributed by atoms with Crippen LogP contribution in [0.3, 0.4) is 0 Å². The van der Waals surface area contributed by atoms with E-state index < -0.39 is 6.16 Å². The van der Waals surface area contributed by atoms with Crippen molar-refractivity contribution in [1.82, 2.24) is 4.98 Å². The number of phenols is 1. The lowest BCUT2D eigenvalue weighted by molar-refractivity contribution is 0.143. The lowest BCUT2D eigenvalue weighted by Crippen LogP contribution is -2.02. The third-order valence-corrected chi connectivity index (χ3v) is 4.41. The molecule has 2 aromatic carbocycles. The molecule has 130 valence electrons. The Morgan fingerprint density at radius 2 is 1.76 bits per heavy atom. The summed E-state index contributed by atoms with van der Waals surface area (Å²) in [5.74, 6) is 1.76. The molecule has 0 unspecified atom stereocenters. The fourth-order valence-electron chi connectivity index (χ4n) is 2.88. The van der Waals surface area contributed by atoms with Crippen molar-refractivity contribution in [3.63, 3.8) is 0 Å². The predicted molar refractivity (Wildman–Crippen MR) is 94.1 cm³/mol. The highest BCUT2D eigenvalue weighted by Crippen LogP contribution is 2.38. The Hall–Kier alpha value is -3.15. The monoisotopic (exact) mass is 341 g/mol. The van der Waals surface area contributed by atoms with Crippen LogP contribution < -0.4 is 9.47 Å². The first-order chi connectivity index (χ1) is 11.8. The second-order valence-corrected chi connectivity index (χ2v) is 6.05. The van der Waals surface area contributed by atoms with Gasteiger partial charge in [-0.25, -0.2) is 4.79 Å². The molecular formula is C19H19NO5. The van der Waals surface area contributed by atoms with E-state index in [4.69, 9.17) is 14.6 Å². The molecule has 0 radical (unpaired) electrons. The third-order valence-electron chi connectivity index (χ3n) is 4.41. The Balaban J connectivity index is 2.07. The van der Waals surface area contributed by atoms with Gasteiger partial charge in [-0.3, -0.25) is 0 Å². The van der Waals surface area contributed by atoms with Crippen molar-refractivity contribution in [1.29, 1.82) is 0 Å². The number of aromatic nitrogens is 1. The van der Waals surface area contributed by atoms with E-state index in [2.05, 4.69) is 4.98 Å². The second-order valence-electron chi connectivity index (χ2n) is 6.05. The summed E-state index contributed by atoms with van der Waals surface area (Å²) >= 11 is 0. The lowest BCUT2D eigenvalue weighted by Gasteiger charge is -2.16. The highest BCUT2D eigenvalue weighted by Gasteiger charge is 2.16. The van der Waals surface area contributed by atoms with Gasteiger partial charge in [-0.05, 0) is 62.6 Å². The van der Waals surface area contributed by atoms with Crippen LogP contribution in [0, 0.1) is 27.7 Å². The van der Waals surface area contributed by atoms with Crippen molar-refractivity contribution in [3.05, 3.63) is 46.5 Å². The number of hydrogen-bond acceptors (Lipinski definition) is 4. The summed E-state index contributed by atoms with van der Waals surface area (Å²) in [6.07, 6.45) is -1.37. The van der Waals surface area contributed by atoms with Gasteiger partial charge < -0.3 is 24.7 Å². The Bertz CT molecular complexity index is 987. The highest BCUT2D eigenvalue weighted by atomic mass is 16.7. The molecule has 3 rings (SSSR count). The fourth-order valence-corrected chi connectivity index (χ4v) is 2.88. The third kappa shape index (κ3) is 2.98. The minimum Gasteiger partial charge on any atom is -0.508 e. The van der Waals surface area contributed by atoms with Gasteiger partial charge >= 0.3 is 6.16 Å². The topological polar surface area (TPSA) is 91.8 Å². The number of fused-ring (bicyclic) bond motifs is 1.